The maximum absolute atomic E-state index is 4.54. The highest BCUT2D eigenvalue weighted by atomic mass is 14.9. The average molecular weight is 551 g/mol. The Balaban J connectivity index is 1.54. The van der Waals surface area contributed by atoms with Gasteiger partial charge in [-0.05, 0) is 97.0 Å². The van der Waals surface area contributed by atoms with Crippen molar-refractivity contribution >= 4 is 12.4 Å². The van der Waals surface area contributed by atoms with Gasteiger partial charge >= 0.3 is 0 Å². The first-order valence-electron chi connectivity index (χ1n) is 14.5. The summed E-state index contributed by atoms with van der Waals surface area (Å²) in [6, 6.07) is 18.1. The number of dihydropyridines is 1. The lowest BCUT2D eigenvalue weighted by atomic mass is 9.80. The van der Waals surface area contributed by atoms with Gasteiger partial charge in [0.25, 0.3) is 0 Å². The second-order valence-corrected chi connectivity index (χ2v) is 11.2. The third kappa shape index (κ3) is 7.08. The van der Waals surface area contributed by atoms with Crippen LogP contribution in [0.5, 0.6) is 0 Å². The largest absolute Gasteiger partial charge is 0.378 e. The molecule has 210 valence electrons. The summed E-state index contributed by atoms with van der Waals surface area (Å²) in [5.74, 6) is 0. The average Bonchev–Trinajstić information content (AvgIpc) is 3.25. The zero-order chi connectivity index (χ0) is 29.3. The lowest BCUT2D eigenvalue weighted by molar-refractivity contribution is 0.523. The van der Waals surface area contributed by atoms with Crippen molar-refractivity contribution in [3.8, 4) is 11.1 Å². The normalized spacial score (nSPS) is 21.2. The first-order valence-corrected chi connectivity index (χ1v) is 14.5. The van der Waals surface area contributed by atoms with Crippen LogP contribution in [0.3, 0.4) is 0 Å². The molecular formula is C38H38N4. The van der Waals surface area contributed by atoms with Crippen molar-refractivity contribution in [3.63, 3.8) is 0 Å². The summed E-state index contributed by atoms with van der Waals surface area (Å²) in [5.41, 5.74) is 7.99. The maximum Gasteiger partial charge on any atom is 0.0779 e. The van der Waals surface area contributed by atoms with Gasteiger partial charge in [0.05, 0.1) is 5.54 Å². The molecule has 2 aliphatic heterocycles. The molecule has 0 bridgehead atoms. The Labute approximate surface area is 250 Å². The van der Waals surface area contributed by atoms with E-state index in [9.17, 15) is 0 Å². The quantitative estimate of drug-likeness (QED) is 0.258. The SMILES string of the molecule is C=CC=N/C=C\CCc1cc(Cc2cc(-c3cccnc3)cc(C3(C)C=CC=CN3)c2)cc(C2(C)C=CC=CN=C2)c1. The summed E-state index contributed by atoms with van der Waals surface area (Å²) in [4.78, 5) is 13.1. The smallest absolute Gasteiger partial charge is 0.0779 e. The van der Waals surface area contributed by atoms with Crippen LogP contribution < -0.4 is 5.32 Å². The summed E-state index contributed by atoms with van der Waals surface area (Å²) < 4.78 is 0. The number of pyridine rings is 1. The van der Waals surface area contributed by atoms with Gasteiger partial charge in [-0.25, -0.2) is 0 Å². The molecule has 2 aromatic carbocycles. The number of nitrogens with one attached hydrogen (secondary N) is 1. The Bertz CT molecular complexity index is 1600. The van der Waals surface area contributed by atoms with Crippen LogP contribution in [0.25, 0.3) is 11.1 Å². The standard InChI is InChI=1S/C38H38N4/c1-4-16-39-17-8-5-12-30-21-31(25-35(24-30)37(2)14-6-9-18-41-29-37)22-32-23-34(33-13-11-19-40-28-33)27-36(26-32)38(3)15-7-10-20-42-38/h4,6-11,13-21,23-29,42H,1,5,12,22H2,2-3H3/b17-8-,39-16?. The number of nitrogens with zero attached hydrogens (tertiary/aromatic N) is 3. The number of hydrogen-bond donors (Lipinski definition) is 1. The van der Waals surface area contributed by atoms with Gasteiger partial charge in [0, 0.05) is 48.2 Å². The maximum atomic E-state index is 4.54. The van der Waals surface area contributed by atoms with E-state index in [1.165, 1.54) is 33.4 Å². The highest BCUT2D eigenvalue weighted by Crippen LogP contribution is 2.33. The van der Waals surface area contributed by atoms with Gasteiger partial charge in [-0.2, -0.15) is 0 Å². The molecule has 4 heteroatoms. The second-order valence-electron chi connectivity index (χ2n) is 11.2. The molecule has 0 saturated heterocycles. The predicted octanol–water partition coefficient (Wildman–Crippen LogP) is 8.34. The fourth-order valence-electron chi connectivity index (χ4n) is 5.36. The van der Waals surface area contributed by atoms with E-state index >= 15 is 0 Å². The van der Waals surface area contributed by atoms with E-state index < -0.39 is 0 Å². The van der Waals surface area contributed by atoms with Gasteiger partial charge in [-0.3, -0.25) is 15.0 Å². The van der Waals surface area contributed by atoms with Gasteiger partial charge in [0.1, 0.15) is 0 Å². The molecule has 2 atom stereocenters. The minimum absolute atomic E-state index is 0.294. The fourth-order valence-corrected chi connectivity index (χ4v) is 5.36. The number of rotatable bonds is 10. The summed E-state index contributed by atoms with van der Waals surface area (Å²) in [7, 11) is 0. The van der Waals surface area contributed by atoms with E-state index in [4.69, 9.17) is 0 Å². The van der Waals surface area contributed by atoms with Crippen molar-refractivity contribution in [1.29, 1.82) is 0 Å². The molecule has 2 unspecified atom stereocenters. The van der Waals surface area contributed by atoms with Crippen LogP contribution in [0.2, 0.25) is 0 Å². The Morgan fingerprint density at radius 2 is 1.74 bits per heavy atom. The summed E-state index contributed by atoms with van der Waals surface area (Å²) in [5, 5.41) is 3.56. The molecule has 0 amide bonds. The summed E-state index contributed by atoms with van der Waals surface area (Å²) in [6.07, 6.45) is 32.3. The minimum atomic E-state index is -0.294. The molecule has 42 heavy (non-hydrogen) atoms. The van der Waals surface area contributed by atoms with Crippen LogP contribution in [-0.4, -0.2) is 17.4 Å². The van der Waals surface area contributed by atoms with E-state index in [0.717, 1.165) is 24.8 Å². The van der Waals surface area contributed by atoms with Crippen LogP contribution in [-0.2, 0) is 23.8 Å². The number of allylic oxidation sites excluding steroid dienone is 7. The molecule has 1 N–H and O–H groups in total. The van der Waals surface area contributed by atoms with Crippen LogP contribution in [0, 0.1) is 0 Å². The number of hydrogen-bond acceptors (Lipinski definition) is 4. The topological polar surface area (TPSA) is 49.6 Å². The van der Waals surface area contributed by atoms with Crippen molar-refractivity contribution in [3.05, 3.63) is 163 Å². The summed E-state index contributed by atoms with van der Waals surface area (Å²) in [6.45, 7) is 8.12. The van der Waals surface area contributed by atoms with Gasteiger partial charge in [0.2, 0.25) is 0 Å². The van der Waals surface area contributed by atoms with Gasteiger partial charge in [-0.15, -0.1) is 0 Å². The molecule has 0 radical (unpaired) electrons. The number of aliphatic imine (C=N–C) groups is 2. The number of aromatic nitrogens is 1. The van der Waals surface area contributed by atoms with E-state index in [2.05, 4.69) is 114 Å². The third-order valence-corrected chi connectivity index (χ3v) is 7.74. The molecule has 5 rings (SSSR count). The van der Waals surface area contributed by atoms with E-state index in [1.807, 2.05) is 55.4 Å². The highest BCUT2D eigenvalue weighted by molar-refractivity contribution is 5.77. The lowest BCUT2D eigenvalue weighted by Gasteiger charge is -2.30. The van der Waals surface area contributed by atoms with Crippen LogP contribution in [0.1, 0.15) is 48.1 Å². The van der Waals surface area contributed by atoms with Crippen molar-refractivity contribution < 1.29 is 0 Å². The molecule has 0 aliphatic carbocycles. The molecule has 1 aromatic heterocycles. The molecule has 4 nitrogen and oxygen atoms in total. The molecule has 3 aromatic rings. The molecule has 2 aliphatic rings. The van der Waals surface area contributed by atoms with Crippen LogP contribution >= 0.6 is 0 Å². The number of aryl methyl sites for hydroxylation is 1. The Kier molecular flexibility index (Phi) is 9.03. The van der Waals surface area contributed by atoms with E-state index in [-0.39, 0.29) is 11.0 Å². The van der Waals surface area contributed by atoms with Gasteiger partial charge in [-0.1, -0.05) is 79.4 Å². The van der Waals surface area contributed by atoms with Crippen LogP contribution in [0.4, 0.5) is 0 Å². The van der Waals surface area contributed by atoms with Crippen molar-refractivity contribution in [2.24, 2.45) is 9.98 Å². The fraction of sp³-hybridized carbons (Fsp3) is 0.184. The van der Waals surface area contributed by atoms with Crippen molar-refractivity contribution in [2.75, 3.05) is 0 Å². The molecular weight excluding hydrogens is 512 g/mol. The minimum Gasteiger partial charge on any atom is -0.378 e. The predicted molar refractivity (Wildman–Crippen MR) is 178 cm³/mol. The van der Waals surface area contributed by atoms with E-state index in [1.54, 1.807) is 12.3 Å². The highest BCUT2D eigenvalue weighted by Gasteiger charge is 2.25. The first-order chi connectivity index (χ1) is 20.5. The van der Waals surface area contributed by atoms with Crippen molar-refractivity contribution in [2.45, 2.75) is 44.1 Å². The molecule has 0 spiro atoms. The Hall–Kier alpha value is -4.83. The molecule has 0 fully saturated rings. The van der Waals surface area contributed by atoms with Gasteiger partial charge < -0.3 is 5.32 Å². The Morgan fingerprint density at radius 3 is 2.55 bits per heavy atom. The van der Waals surface area contributed by atoms with Crippen molar-refractivity contribution in [1.82, 2.24) is 10.3 Å². The van der Waals surface area contributed by atoms with E-state index in [0.29, 0.717) is 0 Å². The Morgan fingerprint density at radius 1 is 0.905 bits per heavy atom. The molecule has 0 saturated carbocycles. The zero-order valence-corrected chi connectivity index (χ0v) is 24.4. The third-order valence-electron chi connectivity index (χ3n) is 7.74. The lowest BCUT2D eigenvalue weighted by Crippen LogP contribution is -2.35. The van der Waals surface area contributed by atoms with Gasteiger partial charge in [0.15, 0.2) is 0 Å². The zero-order valence-electron chi connectivity index (χ0n) is 24.4. The summed E-state index contributed by atoms with van der Waals surface area (Å²) >= 11 is 0. The monoisotopic (exact) mass is 550 g/mol. The van der Waals surface area contributed by atoms with Crippen LogP contribution in [0.15, 0.2) is 145 Å². The first kappa shape index (κ1) is 28.7. The number of benzene rings is 2. The molecule has 3 heterocycles. The second kappa shape index (κ2) is 13.2.